The van der Waals surface area contributed by atoms with E-state index in [9.17, 15) is 0 Å². The Hall–Kier alpha value is -1.10. The third kappa shape index (κ3) is 3.47. The minimum absolute atomic E-state index is 0.00195. The Morgan fingerprint density at radius 3 is 2.63 bits per heavy atom. The van der Waals surface area contributed by atoms with Crippen molar-refractivity contribution in [2.45, 2.75) is 26.3 Å². The van der Waals surface area contributed by atoms with E-state index in [1.807, 2.05) is 0 Å². The van der Waals surface area contributed by atoms with Crippen LogP contribution in [0.1, 0.15) is 19.7 Å². The van der Waals surface area contributed by atoms with Gasteiger partial charge in [-0.05, 0) is 24.1 Å². The van der Waals surface area contributed by atoms with Crippen LogP contribution in [0, 0.1) is 5.92 Å². The second-order valence-corrected chi connectivity index (χ2v) is 5.57. The Labute approximate surface area is 121 Å². The molecule has 0 amide bonds. The summed E-state index contributed by atoms with van der Waals surface area (Å²) >= 11 is 11.8. The van der Waals surface area contributed by atoms with E-state index in [1.165, 1.54) is 0 Å². The van der Waals surface area contributed by atoms with Gasteiger partial charge < -0.3 is 10.3 Å². The zero-order valence-electron chi connectivity index (χ0n) is 10.7. The van der Waals surface area contributed by atoms with Crippen molar-refractivity contribution in [1.82, 2.24) is 10.1 Å². The standard InChI is InChI=1S/C13H15Cl2N3O/c1-7(2)11(16)6-12-17-13(18-19-12)8-3-4-9(14)10(15)5-8/h3-5,7,11H,6,16H2,1-2H3. The van der Waals surface area contributed by atoms with Crippen LogP contribution in [0.15, 0.2) is 22.7 Å². The van der Waals surface area contributed by atoms with Crippen LogP contribution in [0.2, 0.25) is 10.0 Å². The Morgan fingerprint density at radius 2 is 2.00 bits per heavy atom. The summed E-state index contributed by atoms with van der Waals surface area (Å²) < 4.78 is 5.19. The molecule has 0 saturated heterocycles. The first-order chi connectivity index (χ1) is 8.97. The lowest BCUT2D eigenvalue weighted by atomic mass is 10.0. The van der Waals surface area contributed by atoms with Crippen LogP contribution in [0.5, 0.6) is 0 Å². The molecule has 2 aromatic rings. The van der Waals surface area contributed by atoms with E-state index in [0.29, 0.717) is 34.1 Å². The zero-order chi connectivity index (χ0) is 14.0. The normalized spacial score (nSPS) is 12.9. The second kappa shape index (κ2) is 5.90. The molecule has 1 atom stereocenters. The molecule has 0 aliphatic carbocycles. The molecule has 0 radical (unpaired) electrons. The molecule has 6 heteroatoms. The van der Waals surface area contributed by atoms with Crippen molar-refractivity contribution in [1.29, 1.82) is 0 Å². The van der Waals surface area contributed by atoms with Gasteiger partial charge in [0.25, 0.3) is 0 Å². The van der Waals surface area contributed by atoms with Gasteiger partial charge in [0.1, 0.15) is 0 Å². The average Bonchev–Trinajstić information content (AvgIpc) is 2.81. The first kappa shape index (κ1) is 14.3. The highest BCUT2D eigenvalue weighted by atomic mass is 35.5. The molecule has 1 aromatic heterocycles. The molecule has 4 nitrogen and oxygen atoms in total. The smallest absolute Gasteiger partial charge is 0.228 e. The van der Waals surface area contributed by atoms with Crippen molar-refractivity contribution in [3.8, 4) is 11.4 Å². The first-order valence-electron chi connectivity index (χ1n) is 6.01. The topological polar surface area (TPSA) is 64.9 Å². The molecular weight excluding hydrogens is 285 g/mol. The van der Waals surface area contributed by atoms with Gasteiger partial charge in [-0.2, -0.15) is 4.98 Å². The SMILES string of the molecule is CC(C)C(N)Cc1nc(-c2ccc(Cl)c(Cl)c2)no1. The Balaban J connectivity index is 2.18. The molecule has 2 N–H and O–H groups in total. The van der Waals surface area contributed by atoms with Gasteiger partial charge in [0, 0.05) is 18.0 Å². The van der Waals surface area contributed by atoms with E-state index >= 15 is 0 Å². The quantitative estimate of drug-likeness (QED) is 0.937. The van der Waals surface area contributed by atoms with E-state index < -0.39 is 0 Å². The maximum absolute atomic E-state index is 5.97. The van der Waals surface area contributed by atoms with Gasteiger partial charge in [0.05, 0.1) is 10.0 Å². The number of benzene rings is 1. The minimum atomic E-state index is 0.00195. The van der Waals surface area contributed by atoms with Gasteiger partial charge in [-0.15, -0.1) is 0 Å². The Kier molecular flexibility index (Phi) is 4.45. The van der Waals surface area contributed by atoms with Gasteiger partial charge in [-0.3, -0.25) is 0 Å². The number of nitrogens with two attached hydrogens (primary N) is 1. The van der Waals surface area contributed by atoms with Gasteiger partial charge in [-0.1, -0.05) is 42.2 Å². The van der Waals surface area contributed by atoms with E-state index in [-0.39, 0.29) is 6.04 Å². The largest absolute Gasteiger partial charge is 0.339 e. The van der Waals surface area contributed by atoms with Gasteiger partial charge in [0.15, 0.2) is 0 Å². The molecular formula is C13H15Cl2N3O. The maximum atomic E-state index is 5.97. The molecule has 0 fully saturated rings. The summed E-state index contributed by atoms with van der Waals surface area (Å²) in [7, 11) is 0. The molecule has 1 heterocycles. The summed E-state index contributed by atoms with van der Waals surface area (Å²) in [6, 6.07) is 5.21. The molecule has 1 unspecified atom stereocenters. The molecule has 1 aromatic carbocycles. The van der Waals surface area contributed by atoms with E-state index in [0.717, 1.165) is 5.56 Å². The predicted molar refractivity (Wildman–Crippen MR) is 76.3 cm³/mol. The fourth-order valence-electron chi connectivity index (χ4n) is 1.53. The number of hydrogen-bond acceptors (Lipinski definition) is 4. The summed E-state index contributed by atoms with van der Waals surface area (Å²) in [5, 5.41) is 4.88. The highest BCUT2D eigenvalue weighted by molar-refractivity contribution is 6.42. The minimum Gasteiger partial charge on any atom is -0.339 e. The molecule has 102 valence electrons. The van der Waals surface area contributed by atoms with Crippen molar-refractivity contribution in [2.24, 2.45) is 11.7 Å². The second-order valence-electron chi connectivity index (χ2n) is 4.75. The predicted octanol–water partition coefficient (Wildman–Crippen LogP) is 3.57. The summed E-state index contributed by atoms with van der Waals surface area (Å²) in [6.45, 7) is 4.11. The van der Waals surface area contributed by atoms with Gasteiger partial charge in [0.2, 0.25) is 11.7 Å². The van der Waals surface area contributed by atoms with Crippen LogP contribution in [0.4, 0.5) is 0 Å². The fourth-order valence-corrected chi connectivity index (χ4v) is 1.83. The Morgan fingerprint density at radius 1 is 1.26 bits per heavy atom. The zero-order valence-corrected chi connectivity index (χ0v) is 12.2. The molecule has 2 rings (SSSR count). The summed E-state index contributed by atoms with van der Waals surface area (Å²) in [5.74, 6) is 1.38. The third-order valence-corrected chi connectivity index (χ3v) is 3.65. The highest BCUT2D eigenvalue weighted by Crippen LogP contribution is 2.27. The molecule has 0 spiro atoms. The van der Waals surface area contributed by atoms with Gasteiger partial charge >= 0.3 is 0 Å². The van der Waals surface area contributed by atoms with E-state index in [1.54, 1.807) is 18.2 Å². The van der Waals surface area contributed by atoms with E-state index in [2.05, 4.69) is 24.0 Å². The summed E-state index contributed by atoms with van der Waals surface area (Å²) in [5.41, 5.74) is 6.74. The lowest BCUT2D eigenvalue weighted by Crippen LogP contribution is -2.28. The highest BCUT2D eigenvalue weighted by Gasteiger charge is 2.15. The van der Waals surface area contributed by atoms with Gasteiger partial charge in [-0.25, -0.2) is 0 Å². The van der Waals surface area contributed by atoms with E-state index in [4.69, 9.17) is 33.5 Å². The molecule has 0 bridgehead atoms. The molecule has 0 aliphatic rings. The number of aromatic nitrogens is 2. The van der Waals surface area contributed by atoms with Crippen LogP contribution in [-0.4, -0.2) is 16.2 Å². The fraction of sp³-hybridized carbons (Fsp3) is 0.385. The van der Waals surface area contributed by atoms with Crippen molar-refractivity contribution >= 4 is 23.2 Å². The van der Waals surface area contributed by atoms with Crippen LogP contribution in [0.25, 0.3) is 11.4 Å². The molecule has 19 heavy (non-hydrogen) atoms. The third-order valence-electron chi connectivity index (χ3n) is 2.91. The Bertz CT molecular complexity index is 569. The van der Waals surface area contributed by atoms with Crippen molar-refractivity contribution in [3.05, 3.63) is 34.1 Å². The number of nitrogens with zero attached hydrogens (tertiary/aromatic N) is 2. The lowest BCUT2D eigenvalue weighted by Gasteiger charge is -2.11. The number of rotatable bonds is 4. The summed E-state index contributed by atoms with van der Waals surface area (Å²) in [6.07, 6.45) is 0.561. The molecule has 0 saturated carbocycles. The van der Waals surface area contributed by atoms with Crippen molar-refractivity contribution < 1.29 is 4.52 Å². The van der Waals surface area contributed by atoms with Crippen molar-refractivity contribution in [3.63, 3.8) is 0 Å². The molecule has 0 aliphatic heterocycles. The summed E-state index contributed by atoms with van der Waals surface area (Å²) in [4.78, 5) is 4.31. The number of halogens is 2. The lowest BCUT2D eigenvalue weighted by molar-refractivity contribution is 0.353. The van der Waals surface area contributed by atoms with Crippen LogP contribution >= 0.6 is 23.2 Å². The van der Waals surface area contributed by atoms with Crippen LogP contribution in [0.3, 0.4) is 0 Å². The maximum Gasteiger partial charge on any atom is 0.228 e. The van der Waals surface area contributed by atoms with Crippen LogP contribution < -0.4 is 5.73 Å². The average molecular weight is 300 g/mol. The monoisotopic (exact) mass is 299 g/mol. The number of hydrogen-bond donors (Lipinski definition) is 1. The van der Waals surface area contributed by atoms with Crippen molar-refractivity contribution in [2.75, 3.05) is 0 Å². The van der Waals surface area contributed by atoms with Crippen LogP contribution in [-0.2, 0) is 6.42 Å². The first-order valence-corrected chi connectivity index (χ1v) is 6.76.